The zero-order valence-corrected chi connectivity index (χ0v) is 6.27. The Labute approximate surface area is 65.1 Å². The molecule has 1 fully saturated rings. The van der Waals surface area contributed by atoms with E-state index in [0.29, 0.717) is 5.92 Å². The van der Waals surface area contributed by atoms with E-state index in [0.717, 1.165) is 12.8 Å². The summed E-state index contributed by atoms with van der Waals surface area (Å²) in [5.41, 5.74) is 0. The van der Waals surface area contributed by atoms with Crippen LogP contribution in [-0.4, -0.2) is 11.2 Å². The molecule has 0 aliphatic heterocycles. The summed E-state index contributed by atoms with van der Waals surface area (Å²) in [5, 5.41) is 0. The molecule has 0 aromatic rings. The molecule has 2 rings (SSSR count). The normalized spacial score (nSPS) is 50.1. The highest BCUT2D eigenvalue weighted by Crippen LogP contribution is 2.48. The number of halogens is 1. The molecule has 0 amide bonds. The molecule has 2 aliphatic carbocycles. The largest absolute Gasteiger partial charge is 0.289 e. The smallest absolute Gasteiger partial charge is 0.221 e. The van der Waals surface area contributed by atoms with E-state index in [9.17, 15) is 4.79 Å². The molecule has 1 nitrogen and oxygen atoms in total. The highest BCUT2D eigenvalue weighted by molar-refractivity contribution is 6.32. The summed E-state index contributed by atoms with van der Waals surface area (Å²) in [7, 11) is 0. The van der Waals surface area contributed by atoms with Crippen molar-refractivity contribution in [3.05, 3.63) is 12.2 Å². The van der Waals surface area contributed by atoms with Gasteiger partial charge in [-0.1, -0.05) is 12.2 Å². The van der Waals surface area contributed by atoms with Gasteiger partial charge >= 0.3 is 0 Å². The third kappa shape index (κ3) is 0.671. The minimum Gasteiger partial charge on any atom is -0.289 e. The molecule has 0 N–H and O–H groups in total. The van der Waals surface area contributed by atoms with E-state index >= 15 is 0 Å². The number of alkyl halides is 1. The summed E-state index contributed by atoms with van der Waals surface area (Å²) in [4.78, 5) is 9.76. The number of hydrogen-bond acceptors (Lipinski definition) is 1. The van der Waals surface area contributed by atoms with Crippen molar-refractivity contribution in [1.29, 1.82) is 0 Å². The van der Waals surface area contributed by atoms with Gasteiger partial charge in [-0.05, 0) is 18.8 Å². The van der Waals surface area contributed by atoms with E-state index in [1.165, 1.54) is 0 Å². The third-order valence-electron chi connectivity index (χ3n) is 2.49. The fourth-order valence-corrected chi connectivity index (χ4v) is 2.28. The Kier molecular flexibility index (Phi) is 1.19. The lowest BCUT2D eigenvalue weighted by atomic mass is 9.94. The lowest BCUT2D eigenvalue weighted by molar-refractivity contribution is 0.506. The van der Waals surface area contributed by atoms with Crippen LogP contribution < -0.4 is 0 Å². The first-order valence-corrected chi connectivity index (χ1v) is 3.89. The van der Waals surface area contributed by atoms with Crippen molar-refractivity contribution in [2.45, 2.75) is 17.7 Å². The summed E-state index contributed by atoms with van der Waals surface area (Å²) in [5.74, 6) is 0.806. The molecule has 0 unspecified atom stereocenters. The number of fused-ring (bicyclic) bond motifs is 2. The minimum absolute atomic E-state index is 0.261. The van der Waals surface area contributed by atoms with Crippen LogP contribution in [0.25, 0.3) is 0 Å². The van der Waals surface area contributed by atoms with Gasteiger partial charge in [0, 0.05) is 5.92 Å². The quantitative estimate of drug-likeness (QED) is 0.416. The second-order valence-corrected chi connectivity index (χ2v) is 3.83. The molecule has 10 heavy (non-hydrogen) atoms. The van der Waals surface area contributed by atoms with Crippen molar-refractivity contribution in [1.82, 2.24) is 0 Å². The van der Waals surface area contributed by atoms with Gasteiger partial charge in [0.1, 0.15) is 4.87 Å². The van der Waals surface area contributed by atoms with Crippen LogP contribution in [0.3, 0.4) is 0 Å². The SMILES string of the molecule is O=[C][C@]1(Cl)C[C@@H]2C=C[C@H]1C2. The number of allylic oxidation sites excluding steroid dienone is 2. The topological polar surface area (TPSA) is 17.1 Å². The Balaban J connectivity index is 2.30. The Morgan fingerprint density at radius 2 is 2.40 bits per heavy atom. The molecule has 0 spiro atoms. The molecule has 0 saturated heterocycles. The van der Waals surface area contributed by atoms with Crippen molar-refractivity contribution < 1.29 is 4.79 Å². The summed E-state index contributed by atoms with van der Waals surface area (Å²) in [6.45, 7) is 0. The van der Waals surface area contributed by atoms with Crippen molar-refractivity contribution in [2.24, 2.45) is 11.8 Å². The first kappa shape index (κ1) is 6.41. The Hall–Kier alpha value is -0.300. The van der Waals surface area contributed by atoms with Crippen molar-refractivity contribution >= 4 is 17.9 Å². The van der Waals surface area contributed by atoms with Crippen LogP contribution in [0.1, 0.15) is 12.8 Å². The second kappa shape index (κ2) is 1.85. The van der Waals surface area contributed by atoms with Crippen LogP contribution >= 0.6 is 11.6 Å². The molecule has 0 aromatic heterocycles. The number of carbonyl (C=O) groups excluding carboxylic acids is 1. The van der Waals surface area contributed by atoms with Gasteiger partial charge in [-0.2, -0.15) is 0 Å². The van der Waals surface area contributed by atoms with Crippen LogP contribution in [0.4, 0.5) is 0 Å². The molecule has 2 aliphatic rings. The first-order chi connectivity index (χ1) is 4.74. The monoisotopic (exact) mass is 155 g/mol. The van der Waals surface area contributed by atoms with Crippen molar-refractivity contribution in [3.63, 3.8) is 0 Å². The Morgan fingerprint density at radius 3 is 2.70 bits per heavy atom. The molecule has 1 saturated carbocycles. The maximum absolute atomic E-state index is 10.4. The van der Waals surface area contributed by atoms with E-state index in [1.807, 2.05) is 12.4 Å². The zero-order chi connectivity index (χ0) is 7.19. The van der Waals surface area contributed by atoms with Gasteiger partial charge in [0.05, 0.1) is 0 Å². The van der Waals surface area contributed by atoms with Crippen LogP contribution in [0.5, 0.6) is 0 Å². The van der Waals surface area contributed by atoms with Crippen LogP contribution in [-0.2, 0) is 4.79 Å². The highest BCUT2D eigenvalue weighted by atomic mass is 35.5. The van der Waals surface area contributed by atoms with E-state index in [-0.39, 0.29) is 5.92 Å². The van der Waals surface area contributed by atoms with Crippen LogP contribution in [0.2, 0.25) is 0 Å². The maximum atomic E-state index is 10.4. The molecule has 3 atom stereocenters. The predicted octanol–water partition coefficient (Wildman–Crippen LogP) is 1.67. The maximum Gasteiger partial charge on any atom is 0.221 e. The van der Waals surface area contributed by atoms with Gasteiger partial charge < -0.3 is 0 Å². The van der Waals surface area contributed by atoms with Crippen LogP contribution in [0.15, 0.2) is 12.2 Å². The van der Waals surface area contributed by atoms with Crippen molar-refractivity contribution in [3.8, 4) is 0 Å². The minimum atomic E-state index is -0.667. The Bertz CT molecular complexity index is 199. The van der Waals surface area contributed by atoms with Gasteiger partial charge in [0.25, 0.3) is 0 Å². The summed E-state index contributed by atoms with van der Waals surface area (Å²) >= 11 is 5.98. The summed E-state index contributed by atoms with van der Waals surface area (Å²) < 4.78 is 0. The molecule has 0 heterocycles. The predicted molar refractivity (Wildman–Crippen MR) is 39.6 cm³/mol. The lowest BCUT2D eigenvalue weighted by Gasteiger charge is -2.19. The molecule has 2 heteroatoms. The Morgan fingerprint density at radius 1 is 1.60 bits per heavy atom. The van der Waals surface area contributed by atoms with Gasteiger partial charge in [-0.15, -0.1) is 11.6 Å². The van der Waals surface area contributed by atoms with Crippen molar-refractivity contribution in [2.75, 3.05) is 0 Å². The molecular formula is C8H8ClO. The molecule has 1 radical (unpaired) electrons. The standard InChI is InChI=1S/C8H8ClO/c9-8(5-10)4-6-1-2-7(8)3-6/h1-2,6-7H,3-4H2/t6-,7+,8-/m1/s1. The lowest BCUT2D eigenvalue weighted by Crippen LogP contribution is -2.28. The van der Waals surface area contributed by atoms with Gasteiger partial charge in [0.2, 0.25) is 6.29 Å². The second-order valence-electron chi connectivity index (χ2n) is 3.16. The average Bonchev–Trinajstić information content (AvgIpc) is 2.46. The van der Waals surface area contributed by atoms with Crippen LogP contribution in [0, 0.1) is 11.8 Å². The fourth-order valence-electron chi connectivity index (χ4n) is 1.92. The first-order valence-electron chi connectivity index (χ1n) is 3.51. The van der Waals surface area contributed by atoms with Gasteiger partial charge in [-0.3, -0.25) is 4.79 Å². The van der Waals surface area contributed by atoms with E-state index in [4.69, 9.17) is 11.6 Å². The zero-order valence-electron chi connectivity index (χ0n) is 5.51. The molecular weight excluding hydrogens is 148 g/mol. The molecule has 53 valence electrons. The molecule has 2 bridgehead atoms. The van der Waals surface area contributed by atoms with Gasteiger partial charge in [0.15, 0.2) is 0 Å². The number of rotatable bonds is 1. The average molecular weight is 156 g/mol. The van der Waals surface area contributed by atoms with E-state index in [2.05, 4.69) is 6.08 Å². The fraction of sp³-hybridized carbons (Fsp3) is 0.625. The van der Waals surface area contributed by atoms with E-state index in [1.54, 1.807) is 0 Å². The number of hydrogen-bond donors (Lipinski definition) is 0. The van der Waals surface area contributed by atoms with E-state index < -0.39 is 4.87 Å². The third-order valence-corrected chi connectivity index (χ3v) is 3.00. The summed E-state index contributed by atoms with van der Waals surface area (Å²) in [6, 6.07) is 0. The van der Waals surface area contributed by atoms with Gasteiger partial charge in [-0.25, -0.2) is 0 Å². The summed E-state index contributed by atoms with van der Waals surface area (Å²) in [6.07, 6.45) is 7.98. The molecule has 0 aromatic carbocycles. The highest BCUT2D eigenvalue weighted by Gasteiger charge is 2.47.